The first-order valence-corrected chi connectivity index (χ1v) is 14.5. The molecule has 0 fully saturated rings. The van der Waals surface area contributed by atoms with E-state index >= 15 is 0 Å². The zero-order chi connectivity index (χ0) is 31.0. The van der Waals surface area contributed by atoms with Crippen molar-refractivity contribution < 1.29 is 28.6 Å². The molecule has 0 saturated heterocycles. The summed E-state index contributed by atoms with van der Waals surface area (Å²) in [5.41, 5.74) is 1.65. The molecular weight excluding hydrogens is 550 g/mol. The largest absolute Gasteiger partial charge is 0.467 e. The summed E-state index contributed by atoms with van der Waals surface area (Å²) in [6.45, 7) is 7.58. The Hall–Kier alpha value is -4.54. The van der Waals surface area contributed by atoms with Gasteiger partial charge in [-0.25, -0.2) is 14.3 Å². The Morgan fingerprint density at radius 3 is 2.42 bits per heavy atom. The van der Waals surface area contributed by atoms with E-state index in [1.807, 2.05) is 82.3 Å². The van der Waals surface area contributed by atoms with E-state index in [9.17, 15) is 14.4 Å². The smallest absolute Gasteiger partial charge is 0.419 e. The van der Waals surface area contributed by atoms with Crippen molar-refractivity contribution in [2.24, 2.45) is 0 Å². The molecule has 0 saturated carbocycles. The van der Waals surface area contributed by atoms with Gasteiger partial charge in [0.05, 0.1) is 19.0 Å². The number of hydrogen-bond acceptors (Lipinski definition) is 9. The molecule has 43 heavy (non-hydrogen) atoms. The molecule has 2 aromatic heterocycles. The lowest BCUT2D eigenvalue weighted by atomic mass is 9.94. The summed E-state index contributed by atoms with van der Waals surface area (Å²) in [5, 5.41) is 13.2. The number of fused-ring (bicyclic) bond motifs is 1. The van der Waals surface area contributed by atoms with Crippen LogP contribution in [0.5, 0.6) is 0 Å². The number of tetrazole rings is 1. The minimum absolute atomic E-state index is 0.0547. The highest BCUT2D eigenvalue weighted by atomic mass is 16.6. The molecular formula is C32H39N5O6. The van der Waals surface area contributed by atoms with Gasteiger partial charge in [0.25, 0.3) is 0 Å². The van der Waals surface area contributed by atoms with Gasteiger partial charge in [0, 0.05) is 17.5 Å². The fraction of sp³-hybridized carbons (Fsp3) is 0.438. The Balaban J connectivity index is 1.71. The predicted molar refractivity (Wildman–Crippen MR) is 159 cm³/mol. The van der Waals surface area contributed by atoms with Crippen LogP contribution >= 0.6 is 0 Å². The maximum atomic E-state index is 13.2. The van der Waals surface area contributed by atoms with Crippen LogP contribution < -0.4 is 0 Å². The second-order valence-electron chi connectivity index (χ2n) is 11.4. The first-order valence-electron chi connectivity index (χ1n) is 14.5. The van der Waals surface area contributed by atoms with E-state index in [2.05, 4.69) is 15.5 Å². The number of nitrogens with zero attached hydrogens (tertiary/aromatic N) is 5. The number of unbranched alkanes of at least 4 members (excludes halogenated alkanes) is 1. The maximum absolute atomic E-state index is 13.2. The quantitative estimate of drug-likeness (QED) is 0.149. The van der Waals surface area contributed by atoms with Gasteiger partial charge in [0.15, 0.2) is 11.9 Å². The number of carbonyl (C=O) groups excluding carboxylic acids is 3. The molecule has 2 atom stereocenters. The summed E-state index contributed by atoms with van der Waals surface area (Å²) in [6, 6.07) is 16.2. The standard InChI is InChI=1S/C32H39N5O6/c1-6-7-16-27(30(39)41-5)37-29(33-34-35-37)23(19-28(38)42-21-22-13-9-8-10-14-22)18-24-20-36(31(40)43-32(2,3)4)26-17-12-11-15-25(24)26/h8-15,17,20,23,27H,6-7,16,18-19,21H2,1-5H3/t23-,27+/m1/s1. The number of hydrogen-bond donors (Lipinski definition) is 0. The molecule has 0 aliphatic heterocycles. The molecule has 0 amide bonds. The van der Waals surface area contributed by atoms with Gasteiger partial charge in [-0.2, -0.15) is 0 Å². The second kappa shape index (κ2) is 14.1. The number of esters is 2. The Kier molecular flexibility index (Phi) is 10.3. The van der Waals surface area contributed by atoms with Crippen LogP contribution in [0.2, 0.25) is 0 Å². The van der Waals surface area contributed by atoms with Gasteiger partial charge in [-0.1, -0.05) is 68.3 Å². The van der Waals surface area contributed by atoms with Crippen molar-refractivity contribution in [3.63, 3.8) is 0 Å². The summed E-state index contributed by atoms with van der Waals surface area (Å²) >= 11 is 0. The van der Waals surface area contributed by atoms with Crippen LogP contribution in [-0.4, -0.2) is 55.5 Å². The summed E-state index contributed by atoms with van der Waals surface area (Å²) in [7, 11) is 1.33. The third kappa shape index (κ3) is 8.06. The van der Waals surface area contributed by atoms with E-state index in [1.165, 1.54) is 16.4 Å². The topological polar surface area (TPSA) is 127 Å². The molecule has 2 heterocycles. The number of ether oxygens (including phenoxy) is 3. The monoisotopic (exact) mass is 589 g/mol. The first-order chi connectivity index (χ1) is 20.6. The SMILES string of the molecule is CCCC[C@@H](C(=O)OC)n1nnnc1[C@@H](CC(=O)OCc1ccccc1)Cc1cn(C(=O)OC(C)(C)C)c2ccccc12. The second-order valence-corrected chi connectivity index (χ2v) is 11.4. The van der Waals surface area contributed by atoms with E-state index < -0.39 is 35.6 Å². The Labute approximate surface area is 251 Å². The normalized spacial score (nSPS) is 13.0. The number of rotatable bonds is 12. The maximum Gasteiger partial charge on any atom is 0.419 e. The van der Waals surface area contributed by atoms with Crippen molar-refractivity contribution in [1.82, 2.24) is 24.8 Å². The van der Waals surface area contributed by atoms with Gasteiger partial charge in [0.1, 0.15) is 12.2 Å². The highest BCUT2D eigenvalue weighted by Gasteiger charge is 2.32. The van der Waals surface area contributed by atoms with Crippen molar-refractivity contribution in [2.45, 2.75) is 84.0 Å². The van der Waals surface area contributed by atoms with Crippen molar-refractivity contribution in [3.8, 4) is 0 Å². The molecule has 11 heteroatoms. The average Bonchev–Trinajstić information content (AvgIpc) is 3.61. The van der Waals surface area contributed by atoms with Crippen molar-refractivity contribution >= 4 is 28.9 Å². The van der Waals surface area contributed by atoms with E-state index in [0.717, 1.165) is 29.4 Å². The number of carbonyl (C=O) groups is 3. The third-order valence-corrected chi connectivity index (χ3v) is 6.99. The fourth-order valence-corrected chi connectivity index (χ4v) is 4.96. The van der Waals surface area contributed by atoms with Crippen molar-refractivity contribution in [2.75, 3.05) is 7.11 Å². The first kappa shape index (κ1) is 31.4. The molecule has 11 nitrogen and oxygen atoms in total. The van der Waals surface area contributed by atoms with Crippen LogP contribution in [0.3, 0.4) is 0 Å². The molecule has 0 aliphatic carbocycles. The van der Waals surface area contributed by atoms with Gasteiger partial charge in [-0.05, 0) is 61.2 Å². The molecule has 0 N–H and O–H groups in total. The average molecular weight is 590 g/mol. The molecule has 4 aromatic rings. The lowest BCUT2D eigenvalue weighted by Crippen LogP contribution is -2.27. The summed E-state index contributed by atoms with van der Waals surface area (Å²) in [6.07, 6.45) is 3.55. The number of methoxy groups -OCH3 is 1. The summed E-state index contributed by atoms with van der Waals surface area (Å²) in [4.78, 5) is 39.2. The Bertz CT molecular complexity index is 1540. The number of benzene rings is 2. The fourth-order valence-electron chi connectivity index (χ4n) is 4.96. The molecule has 0 spiro atoms. The van der Waals surface area contributed by atoms with Crippen LogP contribution in [0.1, 0.15) is 82.3 Å². The van der Waals surface area contributed by atoms with E-state index in [4.69, 9.17) is 14.2 Å². The zero-order valence-electron chi connectivity index (χ0n) is 25.4. The molecule has 0 bridgehead atoms. The van der Waals surface area contributed by atoms with Crippen molar-refractivity contribution in [3.05, 3.63) is 77.7 Å². The molecule has 0 aliphatic rings. The van der Waals surface area contributed by atoms with E-state index in [1.54, 1.807) is 6.20 Å². The predicted octanol–water partition coefficient (Wildman–Crippen LogP) is 5.78. The van der Waals surface area contributed by atoms with Gasteiger partial charge in [-0.3, -0.25) is 9.36 Å². The molecule has 2 aromatic carbocycles. The Morgan fingerprint density at radius 1 is 1.00 bits per heavy atom. The van der Waals surface area contributed by atoms with Crippen molar-refractivity contribution in [1.29, 1.82) is 0 Å². The van der Waals surface area contributed by atoms with Crippen LogP contribution in [0, 0.1) is 0 Å². The van der Waals surface area contributed by atoms with Crippen LogP contribution in [-0.2, 0) is 36.8 Å². The highest BCUT2D eigenvalue weighted by Crippen LogP contribution is 2.31. The lowest BCUT2D eigenvalue weighted by molar-refractivity contribution is -0.145. The summed E-state index contributed by atoms with van der Waals surface area (Å²) < 4.78 is 19.3. The number of para-hydroxylation sites is 1. The van der Waals surface area contributed by atoms with E-state index in [-0.39, 0.29) is 13.0 Å². The zero-order valence-corrected chi connectivity index (χ0v) is 25.4. The van der Waals surface area contributed by atoms with E-state index in [0.29, 0.717) is 24.2 Å². The molecule has 4 rings (SSSR count). The molecule has 228 valence electrons. The highest BCUT2D eigenvalue weighted by molar-refractivity contribution is 5.92. The van der Waals surface area contributed by atoms with Crippen LogP contribution in [0.15, 0.2) is 60.8 Å². The lowest BCUT2D eigenvalue weighted by Gasteiger charge is -2.20. The Morgan fingerprint density at radius 2 is 1.72 bits per heavy atom. The summed E-state index contributed by atoms with van der Waals surface area (Å²) in [5.74, 6) is -1.13. The minimum Gasteiger partial charge on any atom is -0.467 e. The van der Waals surface area contributed by atoms with Gasteiger partial charge in [0.2, 0.25) is 0 Å². The third-order valence-electron chi connectivity index (χ3n) is 6.99. The van der Waals surface area contributed by atoms with Gasteiger partial charge in [-0.15, -0.1) is 5.10 Å². The van der Waals surface area contributed by atoms with Crippen LogP contribution in [0.4, 0.5) is 4.79 Å². The molecule has 0 unspecified atom stereocenters. The molecule has 0 radical (unpaired) electrons. The van der Waals surface area contributed by atoms with Gasteiger partial charge < -0.3 is 14.2 Å². The minimum atomic E-state index is -0.749. The van der Waals surface area contributed by atoms with Gasteiger partial charge >= 0.3 is 18.0 Å². The number of aromatic nitrogens is 5. The van der Waals surface area contributed by atoms with Crippen LogP contribution in [0.25, 0.3) is 10.9 Å².